The number of aryl methyl sites for hydroxylation is 2. The molecule has 0 saturated carbocycles. The summed E-state index contributed by atoms with van der Waals surface area (Å²) < 4.78 is 5.33. The molecule has 0 fully saturated rings. The van der Waals surface area contributed by atoms with E-state index in [9.17, 15) is 4.79 Å². The van der Waals surface area contributed by atoms with Crippen LogP contribution in [0.1, 0.15) is 27.3 Å². The van der Waals surface area contributed by atoms with Crippen molar-refractivity contribution in [1.82, 2.24) is 20.5 Å². The number of carbonyl (C=O) groups excluding carboxylic acids is 1. The Morgan fingerprint density at radius 1 is 1.13 bits per heavy atom. The molecule has 1 amide bonds. The molecule has 0 saturated heterocycles. The molecule has 0 radical (unpaired) electrons. The number of ether oxygens (including phenoxy) is 1. The second-order valence-corrected chi connectivity index (χ2v) is 7.96. The van der Waals surface area contributed by atoms with Crippen molar-refractivity contribution in [2.75, 3.05) is 7.11 Å². The smallest absolute Gasteiger partial charge is 0.272 e. The number of aromatic nitrogens is 3. The summed E-state index contributed by atoms with van der Waals surface area (Å²) in [7, 11) is 1.61. The van der Waals surface area contributed by atoms with Crippen LogP contribution < -0.4 is 10.1 Å². The van der Waals surface area contributed by atoms with Gasteiger partial charge in [-0.2, -0.15) is 5.10 Å². The minimum absolute atomic E-state index is 0.246. The van der Waals surface area contributed by atoms with Gasteiger partial charge in [-0.3, -0.25) is 9.89 Å². The van der Waals surface area contributed by atoms with Crippen molar-refractivity contribution in [3.63, 3.8) is 0 Å². The van der Waals surface area contributed by atoms with Crippen LogP contribution >= 0.6 is 11.3 Å². The molecule has 0 atom stereocenters. The van der Waals surface area contributed by atoms with Gasteiger partial charge in [-0.05, 0) is 26.0 Å². The second kappa shape index (κ2) is 8.51. The van der Waals surface area contributed by atoms with Gasteiger partial charge in [-0.15, -0.1) is 11.3 Å². The summed E-state index contributed by atoms with van der Waals surface area (Å²) in [5.41, 5.74) is 5.22. The predicted octanol–water partition coefficient (Wildman–Crippen LogP) is 4.76. The van der Waals surface area contributed by atoms with Crippen LogP contribution in [0.4, 0.5) is 0 Å². The van der Waals surface area contributed by atoms with E-state index < -0.39 is 0 Å². The predicted molar refractivity (Wildman–Crippen MR) is 119 cm³/mol. The molecule has 4 rings (SSSR count). The maximum absolute atomic E-state index is 12.6. The van der Waals surface area contributed by atoms with Crippen LogP contribution in [0, 0.1) is 13.8 Å². The van der Waals surface area contributed by atoms with Gasteiger partial charge in [0.05, 0.1) is 23.4 Å². The molecule has 152 valence electrons. The highest BCUT2D eigenvalue weighted by Gasteiger charge is 2.16. The van der Waals surface area contributed by atoms with Crippen molar-refractivity contribution in [3.8, 4) is 26.9 Å². The van der Waals surface area contributed by atoms with Gasteiger partial charge < -0.3 is 10.1 Å². The fourth-order valence-corrected chi connectivity index (χ4v) is 4.17. The van der Waals surface area contributed by atoms with E-state index in [1.165, 1.54) is 5.56 Å². The van der Waals surface area contributed by atoms with Crippen molar-refractivity contribution in [2.24, 2.45) is 0 Å². The number of benzene rings is 2. The second-order valence-electron chi connectivity index (χ2n) is 6.96. The first-order chi connectivity index (χ1) is 14.5. The molecule has 0 aliphatic heterocycles. The molecule has 0 aliphatic carbocycles. The Morgan fingerprint density at radius 3 is 2.67 bits per heavy atom. The Balaban J connectivity index is 1.50. The topological polar surface area (TPSA) is 79.9 Å². The zero-order valence-electron chi connectivity index (χ0n) is 17.0. The molecule has 30 heavy (non-hydrogen) atoms. The Kier molecular flexibility index (Phi) is 5.63. The fraction of sp³-hybridized carbons (Fsp3) is 0.174. The molecular weight excluding hydrogens is 396 g/mol. The van der Waals surface area contributed by atoms with Gasteiger partial charge in [0.25, 0.3) is 5.91 Å². The fourth-order valence-electron chi connectivity index (χ4n) is 3.14. The van der Waals surface area contributed by atoms with Gasteiger partial charge in [0, 0.05) is 17.7 Å². The van der Waals surface area contributed by atoms with E-state index in [1.807, 2.05) is 31.2 Å². The highest BCUT2D eigenvalue weighted by atomic mass is 32.1. The third kappa shape index (κ3) is 4.11. The molecule has 0 unspecified atom stereocenters. The number of methoxy groups -OCH3 is 1. The first kappa shape index (κ1) is 19.8. The maximum atomic E-state index is 12.6. The van der Waals surface area contributed by atoms with Crippen molar-refractivity contribution >= 4 is 17.2 Å². The van der Waals surface area contributed by atoms with Gasteiger partial charge in [0.15, 0.2) is 5.69 Å². The lowest BCUT2D eigenvalue weighted by Gasteiger charge is -2.08. The van der Waals surface area contributed by atoms with E-state index in [-0.39, 0.29) is 5.91 Å². The van der Waals surface area contributed by atoms with Crippen molar-refractivity contribution < 1.29 is 9.53 Å². The highest BCUT2D eigenvalue weighted by molar-refractivity contribution is 7.18. The number of hydrogen-bond acceptors (Lipinski definition) is 5. The van der Waals surface area contributed by atoms with Crippen molar-refractivity contribution in [2.45, 2.75) is 20.4 Å². The average Bonchev–Trinajstić information content (AvgIpc) is 3.39. The summed E-state index contributed by atoms with van der Waals surface area (Å²) in [5, 5.41) is 11.0. The molecular formula is C23H22N4O2S. The lowest BCUT2D eigenvalue weighted by molar-refractivity contribution is 0.0945. The number of carbonyl (C=O) groups is 1. The molecule has 2 heterocycles. The Hall–Kier alpha value is -3.45. The number of aromatic amines is 1. The number of rotatable bonds is 6. The molecule has 4 aromatic rings. The van der Waals surface area contributed by atoms with E-state index in [4.69, 9.17) is 9.72 Å². The largest absolute Gasteiger partial charge is 0.496 e. The van der Waals surface area contributed by atoms with Crippen LogP contribution in [0.5, 0.6) is 5.75 Å². The molecule has 0 spiro atoms. The Labute approximate surface area is 179 Å². The van der Waals surface area contributed by atoms with Crippen LogP contribution in [-0.2, 0) is 6.54 Å². The third-order valence-corrected chi connectivity index (χ3v) is 6.02. The zero-order chi connectivity index (χ0) is 21.1. The number of thiazole rings is 1. The van der Waals surface area contributed by atoms with E-state index in [0.29, 0.717) is 12.2 Å². The number of hydrogen-bond donors (Lipinski definition) is 2. The number of H-pyrrole nitrogens is 1. The Bertz CT molecular complexity index is 1180. The maximum Gasteiger partial charge on any atom is 0.272 e. The molecule has 2 aromatic carbocycles. The minimum Gasteiger partial charge on any atom is -0.496 e. The van der Waals surface area contributed by atoms with Gasteiger partial charge in [-0.1, -0.05) is 48.0 Å². The lowest BCUT2D eigenvalue weighted by atomic mass is 10.2. The van der Waals surface area contributed by atoms with Crippen molar-refractivity contribution in [1.29, 1.82) is 0 Å². The lowest BCUT2D eigenvalue weighted by Crippen LogP contribution is -2.23. The van der Waals surface area contributed by atoms with E-state index in [2.05, 4.69) is 46.7 Å². The first-order valence-corrected chi connectivity index (χ1v) is 10.4. The van der Waals surface area contributed by atoms with Crippen LogP contribution in [0.2, 0.25) is 0 Å². The molecule has 0 aliphatic rings. The summed E-state index contributed by atoms with van der Waals surface area (Å²) in [6, 6.07) is 17.6. The van der Waals surface area contributed by atoms with Gasteiger partial charge in [-0.25, -0.2) is 4.98 Å². The van der Waals surface area contributed by atoms with Crippen LogP contribution in [-0.4, -0.2) is 28.2 Å². The summed E-state index contributed by atoms with van der Waals surface area (Å²) in [6.07, 6.45) is 0. The number of amides is 1. The van der Waals surface area contributed by atoms with Gasteiger partial charge in [0.1, 0.15) is 10.8 Å². The molecule has 6 nitrogen and oxygen atoms in total. The molecule has 0 bridgehead atoms. The van der Waals surface area contributed by atoms with Crippen molar-refractivity contribution in [3.05, 3.63) is 77.1 Å². The number of nitrogens with one attached hydrogen (secondary N) is 2. The standard InChI is InChI=1S/C23H22N4O2S/c1-14-8-10-16(11-9-14)23-25-15(2)21(30-23)18-12-19(27-26-18)22(28)24-13-17-6-4-5-7-20(17)29-3/h4-12H,13H2,1-3H3,(H,24,28)(H,26,27). The van der Waals surface area contributed by atoms with E-state index in [0.717, 1.165) is 38.1 Å². The summed E-state index contributed by atoms with van der Waals surface area (Å²) in [6.45, 7) is 4.39. The molecule has 7 heteroatoms. The minimum atomic E-state index is -0.246. The van der Waals surface area contributed by atoms with Crippen LogP contribution in [0.25, 0.3) is 21.1 Å². The Morgan fingerprint density at radius 2 is 1.90 bits per heavy atom. The number of nitrogens with zero attached hydrogens (tertiary/aromatic N) is 2. The molecule has 2 aromatic heterocycles. The van der Waals surface area contributed by atoms with E-state index in [1.54, 1.807) is 24.5 Å². The zero-order valence-corrected chi connectivity index (χ0v) is 17.8. The monoisotopic (exact) mass is 418 g/mol. The normalized spacial score (nSPS) is 10.8. The van der Waals surface area contributed by atoms with E-state index >= 15 is 0 Å². The summed E-state index contributed by atoms with van der Waals surface area (Å²) in [4.78, 5) is 18.2. The first-order valence-electron chi connectivity index (χ1n) is 9.55. The number of para-hydroxylation sites is 1. The average molecular weight is 419 g/mol. The third-order valence-electron chi connectivity index (χ3n) is 4.78. The summed E-state index contributed by atoms with van der Waals surface area (Å²) >= 11 is 1.58. The SMILES string of the molecule is COc1ccccc1CNC(=O)c1cc(-c2sc(-c3ccc(C)cc3)nc2C)[nH]n1. The van der Waals surface area contributed by atoms with Crippen LogP contribution in [0.15, 0.2) is 54.6 Å². The van der Waals surface area contributed by atoms with Gasteiger partial charge in [0.2, 0.25) is 0 Å². The summed E-state index contributed by atoms with van der Waals surface area (Å²) in [5.74, 6) is 0.494. The highest BCUT2D eigenvalue weighted by Crippen LogP contribution is 2.34. The molecule has 2 N–H and O–H groups in total. The quantitative estimate of drug-likeness (QED) is 0.473. The van der Waals surface area contributed by atoms with Crippen LogP contribution in [0.3, 0.4) is 0 Å². The van der Waals surface area contributed by atoms with Gasteiger partial charge >= 0.3 is 0 Å².